The fourth-order valence-corrected chi connectivity index (χ4v) is 5.70. The van der Waals surface area contributed by atoms with Crippen LogP contribution in [0, 0.1) is 12.7 Å². The summed E-state index contributed by atoms with van der Waals surface area (Å²) in [5.41, 5.74) is 1.34. The van der Waals surface area contributed by atoms with Crippen LogP contribution < -0.4 is 19.1 Å². The quantitative estimate of drug-likeness (QED) is 0.270. The van der Waals surface area contributed by atoms with E-state index in [1.165, 1.54) is 55.5 Å². The number of hydrogen-bond acceptors (Lipinski definition) is 6. The highest BCUT2D eigenvalue weighted by Gasteiger charge is 2.33. The van der Waals surface area contributed by atoms with E-state index in [0.29, 0.717) is 12.3 Å². The number of sulfonamides is 1. The predicted octanol–water partition coefficient (Wildman–Crippen LogP) is 4.68. The highest BCUT2D eigenvalue weighted by atomic mass is 32.2. The van der Waals surface area contributed by atoms with Crippen LogP contribution in [0.5, 0.6) is 11.5 Å². The molecule has 3 aromatic carbocycles. The maximum atomic E-state index is 14.7. The van der Waals surface area contributed by atoms with Gasteiger partial charge >= 0.3 is 0 Å². The van der Waals surface area contributed by atoms with Crippen molar-refractivity contribution in [2.45, 2.75) is 51.1 Å². The lowest BCUT2D eigenvalue weighted by Gasteiger charge is -2.32. The van der Waals surface area contributed by atoms with Gasteiger partial charge in [-0.1, -0.05) is 49.2 Å². The number of nitrogens with one attached hydrogen (secondary N) is 1. The number of nitrogens with zero attached hydrogens (tertiary/aromatic N) is 2. The number of unbranched alkanes of at least 4 members (excludes halogenated alkanes) is 1. The van der Waals surface area contributed by atoms with Crippen molar-refractivity contribution in [2.24, 2.45) is 0 Å². The second kappa shape index (κ2) is 14.7. The third kappa shape index (κ3) is 7.79. The first-order chi connectivity index (χ1) is 20.0. The van der Waals surface area contributed by atoms with Crippen LogP contribution in [-0.2, 0) is 26.2 Å². The number of halogens is 1. The van der Waals surface area contributed by atoms with Crippen molar-refractivity contribution in [3.05, 3.63) is 83.7 Å². The molecule has 0 saturated carbocycles. The highest BCUT2D eigenvalue weighted by molar-refractivity contribution is 7.92. The summed E-state index contributed by atoms with van der Waals surface area (Å²) in [5, 5.41) is 2.81. The van der Waals surface area contributed by atoms with E-state index in [1.807, 2.05) is 13.8 Å². The normalized spacial score (nSPS) is 11.9. The average molecular weight is 600 g/mol. The van der Waals surface area contributed by atoms with E-state index in [9.17, 15) is 22.4 Å². The molecule has 0 aliphatic rings. The van der Waals surface area contributed by atoms with Crippen molar-refractivity contribution >= 4 is 27.5 Å². The van der Waals surface area contributed by atoms with E-state index < -0.39 is 40.2 Å². The Bertz CT molecular complexity index is 1480. The number of anilines is 1. The lowest BCUT2D eigenvalue weighted by atomic mass is 10.1. The summed E-state index contributed by atoms with van der Waals surface area (Å²) in [6, 6.07) is 15.8. The van der Waals surface area contributed by atoms with E-state index in [4.69, 9.17) is 9.47 Å². The van der Waals surface area contributed by atoms with E-state index in [-0.39, 0.29) is 28.4 Å². The van der Waals surface area contributed by atoms with Crippen LogP contribution in [0.25, 0.3) is 0 Å². The molecule has 1 atom stereocenters. The number of rotatable bonds is 14. The van der Waals surface area contributed by atoms with Gasteiger partial charge in [-0.25, -0.2) is 12.8 Å². The van der Waals surface area contributed by atoms with Gasteiger partial charge in [0.05, 0.1) is 24.8 Å². The van der Waals surface area contributed by atoms with Gasteiger partial charge in [0.1, 0.15) is 18.4 Å². The van der Waals surface area contributed by atoms with Crippen molar-refractivity contribution in [3.63, 3.8) is 0 Å². The zero-order chi connectivity index (χ0) is 30.9. The summed E-state index contributed by atoms with van der Waals surface area (Å²) in [4.78, 5) is 28.1. The van der Waals surface area contributed by atoms with E-state index in [1.54, 1.807) is 37.3 Å². The minimum absolute atomic E-state index is 0.125. The van der Waals surface area contributed by atoms with Gasteiger partial charge in [-0.2, -0.15) is 0 Å². The van der Waals surface area contributed by atoms with Gasteiger partial charge in [-0.3, -0.25) is 13.9 Å². The summed E-state index contributed by atoms with van der Waals surface area (Å²) in [5.74, 6) is -1.10. The average Bonchev–Trinajstić information content (AvgIpc) is 2.99. The van der Waals surface area contributed by atoms with Crippen LogP contribution in [0.4, 0.5) is 10.1 Å². The van der Waals surface area contributed by atoms with Crippen LogP contribution in [0.15, 0.2) is 71.6 Å². The molecule has 0 saturated heterocycles. The summed E-state index contributed by atoms with van der Waals surface area (Å²) < 4.78 is 54.3. The Morgan fingerprint density at radius 3 is 2.26 bits per heavy atom. The molecule has 226 valence electrons. The lowest BCUT2D eigenvalue weighted by molar-refractivity contribution is -0.139. The molecule has 0 radical (unpaired) electrons. The molecule has 3 aromatic rings. The minimum Gasteiger partial charge on any atom is -0.493 e. The van der Waals surface area contributed by atoms with Crippen LogP contribution in [0.1, 0.15) is 37.8 Å². The molecule has 0 spiro atoms. The van der Waals surface area contributed by atoms with Gasteiger partial charge in [-0.05, 0) is 50.6 Å². The Morgan fingerprint density at radius 1 is 0.976 bits per heavy atom. The molecule has 1 unspecified atom stereocenters. The zero-order valence-corrected chi connectivity index (χ0v) is 25.4. The number of aryl methyl sites for hydroxylation is 1. The first-order valence-electron chi connectivity index (χ1n) is 13.7. The third-order valence-electron chi connectivity index (χ3n) is 6.84. The van der Waals surface area contributed by atoms with Gasteiger partial charge < -0.3 is 19.7 Å². The van der Waals surface area contributed by atoms with Crippen molar-refractivity contribution in [1.29, 1.82) is 0 Å². The number of amides is 2. The number of hydrogen-bond donors (Lipinski definition) is 1. The standard InChI is InChI=1S/C31H38FN3O6S/c1-6-7-18-33-31(37)23(3)34(20-24-10-8-9-11-27(24)32)30(36)21-35(25-14-12-22(2)13-15-25)42(38,39)26-16-17-28(40-4)29(19-26)41-5/h8-17,19,23H,6-7,18,20-21H2,1-5H3,(H,33,37). The minimum atomic E-state index is -4.32. The Hall–Kier alpha value is -4.12. The molecule has 9 nitrogen and oxygen atoms in total. The molecular formula is C31H38FN3O6S. The van der Waals surface area contributed by atoms with Gasteiger partial charge in [0.2, 0.25) is 11.8 Å². The fraction of sp³-hybridized carbons (Fsp3) is 0.355. The molecule has 0 aromatic heterocycles. The maximum absolute atomic E-state index is 14.7. The van der Waals surface area contributed by atoms with Gasteiger partial charge in [0, 0.05) is 24.7 Å². The maximum Gasteiger partial charge on any atom is 0.264 e. The van der Waals surface area contributed by atoms with Crippen molar-refractivity contribution in [1.82, 2.24) is 10.2 Å². The van der Waals surface area contributed by atoms with E-state index in [2.05, 4.69) is 5.32 Å². The van der Waals surface area contributed by atoms with Crippen LogP contribution in [0.3, 0.4) is 0 Å². The largest absolute Gasteiger partial charge is 0.493 e. The zero-order valence-electron chi connectivity index (χ0n) is 24.6. The SMILES string of the molecule is CCCCNC(=O)C(C)N(Cc1ccccc1F)C(=O)CN(c1ccc(C)cc1)S(=O)(=O)c1ccc(OC)c(OC)c1. The highest BCUT2D eigenvalue weighted by Crippen LogP contribution is 2.32. The van der Waals surface area contributed by atoms with E-state index >= 15 is 0 Å². The monoisotopic (exact) mass is 599 g/mol. The molecular weight excluding hydrogens is 561 g/mol. The first-order valence-corrected chi connectivity index (χ1v) is 15.1. The lowest BCUT2D eigenvalue weighted by Crippen LogP contribution is -2.51. The summed E-state index contributed by atoms with van der Waals surface area (Å²) in [7, 11) is -1.49. The molecule has 11 heteroatoms. The summed E-state index contributed by atoms with van der Waals surface area (Å²) in [6.07, 6.45) is 1.62. The fourth-order valence-electron chi connectivity index (χ4n) is 4.27. The Balaban J connectivity index is 2.05. The topological polar surface area (TPSA) is 105 Å². The van der Waals surface area contributed by atoms with Crippen LogP contribution >= 0.6 is 0 Å². The molecule has 2 amide bonds. The molecule has 3 rings (SSSR count). The van der Waals surface area contributed by atoms with Crippen molar-refractivity contribution in [3.8, 4) is 11.5 Å². The van der Waals surface area contributed by atoms with Crippen LogP contribution in [0.2, 0.25) is 0 Å². The molecule has 0 bridgehead atoms. The van der Waals surface area contributed by atoms with Crippen LogP contribution in [-0.4, -0.2) is 58.5 Å². The van der Waals surface area contributed by atoms with Crippen molar-refractivity contribution in [2.75, 3.05) is 31.6 Å². The smallest absolute Gasteiger partial charge is 0.264 e. The van der Waals surface area contributed by atoms with Gasteiger partial charge in [-0.15, -0.1) is 0 Å². The molecule has 0 heterocycles. The molecule has 1 N–H and O–H groups in total. The number of carbonyl (C=O) groups excluding carboxylic acids is 2. The van der Waals surface area contributed by atoms with Gasteiger partial charge in [0.15, 0.2) is 11.5 Å². The summed E-state index contributed by atoms with van der Waals surface area (Å²) >= 11 is 0. The third-order valence-corrected chi connectivity index (χ3v) is 8.61. The first kappa shape index (κ1) is 32.4. The molecule has 0 fully saturated rings. The van der Waals surface area contributed by atoms with Gasteiger partial charge in [0.25, 0.3) is 10.0 Å². The second-order valence-corrected chi connectivity index (χ2v) is 11.7. The Kier molecular flexibility index (Phi) is 11.3. The Morgan fingerprint density at radius 2 is 1.64 bits per heavy atom. The number of ether oxygens (including phenoxy) is 2. The molecule has 42 heavy (non-hydrogen) atoms. The predicted molar refractivity (Wildman–Crippen MR) is 160 cm³/mol. The number of benzene rings is 3. The number of carbonyl (C=O) groups is 2. The van der Waals surface area contributed by atoms with Crippen molar-refractivity contribution < 1.29 is 31.9 Å². The molecule has 0 aliphatic carbocycles. The molecule has 0 aliphatic heterocycles. The Labute approximate surface area is 247 Å². The summed E-state index contributed by atoms with van der Waals surface area (Å²) in [6.45, 7) is 4.94. The second-order valence-electron chi connectivity index (χ2n) is 9.80. The number of methoxy groups -OCH3 is 2. The van der Waals surface area contributed by atoms with E-state index in [0.717, 1.165) is 22.7 Å².